The Morgan fingerprint density at radius 1 is 0.886 bits per heavy atom. The average molecular weight is 495 g/mol. The van der Waals surface area contributed by atoms with Crippen molar-refractivity contribution in [3.63, 3.8) is 0 Å². The number of anilines is 2. The number of rotatable bonds is 11. The van der Waals surface area contributed by atoms with Gasteiger partial charge in [0.2, 0.25) is 10.0 Å². The normalized spacial score (nSPS) is 11.1. The molecular weight excluding hydrogens is 468 g/mol. The van der Waals surface area contributed by atoms with Crippen LogP contribution in [0.1, 0.15) is 22.8 Å². The molecule has 0 saturated heterocycles. The summed E-state index contributed by atoms with van der Waals surface area (Å²) in [6.07, 6.45) is 4.11. The summed E-state index contributed by atoms with van der Waals surface area (Å²) in [5.41, 5.74) is 2.17. The molecule has 0 radical (unpaired) electrons. The lowest BCUT2D eigenvalue weighted by atomic mass is 10.1. The zero-order valence-corrected chi connectivity index (χ0v) is 20.2. The van der Waals surface area contributed by atoms with E-state index in [0.717, 1.165) is 6.26 Å². The van der Waals surface area contributed by atoms with Crippen molar-refractivity contribution < 1.29 is 27.5 Å². The fourth-order valence-corrected chi connectivity index (χ4v) is 3.63. The van der Waals surface area contributed by atoms with Crippen LogP contribution in [0.5, 0.6) is 11.5 Å². The van der Waals surface area contributed by atoms with Gasteiger partial charge in [-0.25, -0.2) is 8.42 Å². The van der Waals surface area contributed by atoms with Crippen LogP contribution in [0.15, 0.2) is 78.9 Å². The summed E-state index contributed by atoms with van der Waals surface area (Å²) in [5, 5.41) is 2.75. The highest BCUT2D eigenvalue weighted by Gasteiger charge is 2.10. The second kappa shape index (κ2) is 11.8. The van der Waals surface area contributed by atoms with Crippen LogP contribution >= 0.6 is 0 Å². The number of ketones is 1. The van der Waals surface area contributed by atoms with Crippen molar-refractivity contribution in [1.82, 2.24) is 0 Å². The molecule has 1 amide bonds. The zero-order valence-electron chi connectivity index (χ0n) is 19.4. The molecule has 2 N–H and O–H groups in total. The van der Waals surface area contributed by atoms with Gasteiger partial charge >= 0.3 is 0 Å². The average Bonchev–Trinajstić information content (AvgIpc) is 2.82. The quantitative estimate of drug-likeness (QED) is 0.303. The van der Waals surface area contributed by atoms with Gasteiger partial charge < -0.3 is 14.8 Å². The predicted octanol–water partition coefficient (Wildman–Crippen LogP) is 4.37. The van der Waals surface area contributed by atoms with E-state index in [4.69, 9.17) is 9.47 Å². The minimum Gasteiger partial charge on any atom is -0.490 e. The second-order valence-electron chi connectivity index (χ2n) is 7.49. The van der Waals surface area contributed by atoms with Gasteiger partial charge in [0.25, 0.3) is 5.91 Å². The number of carbonyl (C=O) groups excluding carboxylic acids is 2. The SMILES string of the molecule is CCOc1cc(/C=C/C(=O)c2ccc(NS(C)(=O)=O)cc2)ccc1OCC(=O)Nc1ccccc1. The molecule has 35 heavy (non-hydrogen) atoms. The number of amides is 1. The molecule has 0 spiro atoms. The molecule has 0 saturated carbocycles. The van der Waals surface area contributed by atoms with Crippen molar-refractivity contribution in [3.05, 3.63) is 90.0 Å². The van der Waals surface area contributed by atoms with Crippen molar-refractivity contribution in [2.24, 2.45) is 0 Å². The summed E-state index contributed by atoms with van der Waals surface area (Å²) in [4.78, 5) is 24.7. The fourth-order valence-electron chi connectivity index (χ4n) is 3.06. The summed E-state index contributed by atoms with van der Waals surface area (Å²) in [5.74, 6) is 0.316. The standard InChI is InChI=1S/C26H26N2O6S/c1-3-33-25-17-19(9-15-23(29)20-11-13-22(14-12-20)28-35(2,31)32)10-16-24(25)34-18-26(30)27-21-7-5-4-6-8-21/h4-17,28H,3,18H2,1-2H3,(H,27,30)/b15-9+. The van der Waals surface area contributed by atoms with Crippen LogP contribution in [0.3, 0.4) is 0 Å². The first-order chi connectivity index (χ1) is 16.7. The molecule has 182 valence electrons. The molecule has 0 atom stereocenters. The second-order valence-corrected chi connectivity index (χ2v) is 9.24. The number of ether oxygens (including phenoxy) is 2. The van der Waals surface area contributed by atoms with E-state index in [1.165, 1.54) is 18.2 Å². The smallest absolute Gasteiger partial charge is 0.262 e. The van der Waals surface area contributed by atoms with Gasteiger partial charge in [-0.05, 0) is 67.1 Å². The molecule has 8 nitrogen and oxygen atoms in total. The van der Waals surface area contributed by atoms with Gasteiger partial charge in [0.1, 0.15) is 0 Å². The van der Waals surface area contributed by atoms with Crippen LogP contribution in [0.2, 0.25) is 0 Å². The molecule has 3 aromatic rings. The molecule has 0 fully saturated rings. The van der Waals surface area contributed by atoms with E-state index < -0.39 is 10.0 Å². The molecule has 0 aliphatic rings. The van der Waals surface area contributed by atoms with Crippen molar-refractivity contribution in [2.45, 2.75) is 6.92 Å². The number of hydrogen-bond donors (Lipinski definition) is 2. The molecule has 0 aliphatic heterocycles. The van der Waals surface area contributed by atoms with Crippen molar-refractivity contribution in [2.75, 3.05) is 29.5 Å². The number of carbonyl (C=O) groups is 2. The third-order valence-electron chi connectivity index (χ3n) is 4.58. The van der Waals surface area contributed by atoms with E-state index >= 15 is 0 Å². The van der Waals surface area contributed by atoms with E-state index in [9.17, 15) is 18.0 Å². The molecule has 0 unspecified atom stereocenters. The highest BCUT2D eigenvalue weighted by atomic mass is 32.2. The Kier molecular flexibility index (Phi) is 8.63. The first-order valence-electron chi connectivity index (χ1n) is 10.8. The Morgan fingerprint density at radius 3 is 2.26 bits per heavy atom. The number of hydrogen-bond acceptors (Lipinski definition) is 6. The lowest BCUT2D eigenvalue weighted by Crippen LogP contribution is -2.20. The Balaban J connectivity index is 1.64. The van der Waals surface area contributed by atoms with E-state index in [-0.39, 0.29) is 18.3 Å². The number of allylic oxidation sites excluding steroid dienone is 1. The topological polar surface area (TPSA) is 111 Å². The van der Waals surface area contributed by atoms with Gasteiger partial charge in [-0.3, -0.25) is 14.3 Å². The molecular formula is C26H26N2O6S. The largest absolute Gasteiger partial charge is 0.490 e. The first kappa shape index (κ1) is 25.5. The highest BCUT2D eigenvalue weighted by Crippen LogP contribution is 2.29. The third kappa shape index (κ3) is 8.31. The van der Waals surface area contributed by atoms with Gasteiger partial charge in [0.05, 0.1) is 12.9 Å². The minimum atomic E-state index is -3.39. The lowest BCUT2D eigenvalue weighted by molar-refractivity contribution is -0.118. The Labute approximate surface area is 204 Å². The number of nitrogens with one attached hydrogen (secondary N) is 2. The summed E-state index contributed by atoms with van der Waals surface area (Å²) >= 11 is 0. The summed E-state index contributed by atoms with van der Waals surface area (Å²) < 4.78 is 36.2. The minimum absolute atomic E-state index is 0.188. The van der Waals surface area contributed by atoms with Crippen LogP contribution in [0, 0.1) is 0 Å². The molecule has 0 aliphatic carbocycles. The fraction of sp³-hybridized carbons (Fsp3) is 0.154. The van der Waals surface area contributed by atoms with Crippen LogP contribution in [0.25, 0.3) is 6.08 Å². The Bertz CT molecular complexity index is 1300. The van der Waals surface area contributed by atoms with Gasteiger partial charge in [-0.15, -0.1) is 0 Å². The van der Waals surface area contributed by atoms with E-state index in [2.05, 4.69) is 10.0 Å². The highest BCUT2D eigenvalue weighted by molar-refractivity contribution is 7.92. The molecule has 3 rings (SSSR count). The van der Waals surface area contributed by atoms with Gasteiger partial charge in [-0.1, -0.05) is 30.3 Å². The van der Waals surface area contributed by atoms with Crippen LogP contribution < -0.4 is 19.5 Å². The monoisotopic (exact) mass is 494 g/mol. The molecule has 0 aromatic heterocycles. The lowest BCUT2D eigenvalue weighted by Gasteiger charge is -2.12. The van der Waals surface area contributed by atoms with Crippen LogP contribution in [-0.2, 0) is 14.8 Å². The maximum absolute atomic E-state index is 12.5. The summed E-state index contributed by atoms with van der Waals surface area (Å²) in [7, 11) is -3.39. The number of benzene rings is 3. The summed E-state index contributed by atoms with van der Waals surface area (Å²) in [6.45, 7) is 2.04. The number of sulfonamides is 1. The third-order valence-corrected chi connectivity index (χ3v) is 5.19. The van der Waals surface area contributed by atoms with Crippen molar-refractivity contribution in [1.29, 1.82) is 0 Å². The van der Waals surface area contributed by atoms with Gasteiger partial charge in [0, 0.05) is 16.9 Å². The van der Waals surface area contributed by atoms with Crippen molar-refractivity contribution >= 4 is 39.2 Å². The zero-order chi connectivity index (χ0) is 25.3. The Morgan fingerprint density at radius 2 is 1.60 bits per heavy atom. The van der Waals surface area contributed by atoms with Crippen LogP contribution in [0.4, 0.5) is 11.4 Å². The van der Waals surface area contributed by atoms with E-state index in [1.807, 2.05) is 25.1 Å². The molecule has 0 heterocycles. The van der Waals surface area contributed by atoms with Gasteiger partial charge in [0.15, 0.2) is 23.9 Å². The first-order valence-corrected chi connectivity index (χ1v) is 12.7. The Hall–Kier alpha value is -4.11. The van der Waals surface area contributed by atoms with E-state index in [0.29, 0.717) is 40.6 Å². The number of para-hydroxylation sites is 1. The maximum Gasteiger partial charge on any atom is 0.262 e. The molecule has 0 bridgehead atoms. The predicted molar refractivity (Wildman–Crippen MR) is 136 cm³/mol. The van der Waals surface area contributed by atoms with Crippen molar-refractivity contribution in [3.8, 4) is 11.5 Å². The van der Waals surface area contributed by atoms with Gasteiger partial charge in [-0.2, -0.15) is 0 Å². The molecule has 3 aromatic carbocycles. The molecule has 9 heteroatoms. The maximum atomic E-state index is 12.5. The van der Waals surface area contributed by atoms with Crippen LogP contribution in [-0.4, -0.2) is 39.6 Å². The summed E-state index contributed by atoms with van der Waals surface area (Å²) in [6, 6.07) is 20.4. The van der Waals surface area contributed by atoms with E-state index in [1.54, 1.807) is 48.5 Å².